The fourth-order valence-electron chi connectivity index (χ4n) is 2.89. The van der Waals surface area contributed by atoms with Crippen molar-refractivity contribution in [3.05, 3.63) is 29.8 Å². The molecule has 1 aliphatic carbocycles. The lowest BCUT2D eigenvalue weighted by Gasteiger charge is -2.31. The predicted octanol–water partition coefficient (Wildman–Crippen LogP) is 2.45. The van der Waals surface area contributed by atoms with Crippen molar-refractivity contribution in [2.75, 3.05) is 11.9 Å². The molecule has 1 aromatic carbocycles. The molecule has 0 saturated heterocycles. The Morgan fingerprint density at radius 3 is 2.81 bits per heavy atom. The number of carboxylic acid groups (broad SMARTS) is 1. The van der Waals surface area contributed by atoms with E-state index in [0.717, 1.165) is 31.5 Å². The average molecular weight is 217 g/mol. The van der Waals surface area contributed by atoms with Gasteiger partial charge in [0.05, 0.1) is 5.41 Å². The van der Waals surface area contributed by atoms with Crippen LogP contribution in [0.3, 0.4) is 0 Å². The first-order chi connectivity index (χ1) is 7.74. The summed E-state index contributed by atoms with van der Waals surface area (Å²) in [5.41, 5.74) is 1.85. The van der Waals surface area contributed by atoms with E-state index >= 15 is 0 Å². The van der Waals surface area contributed by atoms with E-state index in [4.69, 9.17) is 0 Å². The molecule has 2 N–H and O–H groups in total. The Morgan fingerprint density at radius 2 is 2.12 bits per heavy atom. The highest BCUT2D eigenvalue weighted by molar-refractivity contribution is 5.80. The lowest BCUT2D eigenvalue weighted by atomic mass is 9.78. The maximum Gasteiger partial charge on any atom is 0.310 e. The quantitative estimate of drug-likeness (QED) is 0.800. The van der Waals surface area contributed by atoms with Crippen molar-refractivity contribution in [2.24, 2.45) is 5.41 Å². The number of hydrogen-bond donors (Lipinski definition) is 2. The molecule has 0 unspecified atom stereocenters. The van der Waals surface area contributed by atoms with Crippen LogP contribution in [0.5, 0.6) is 0 Å². The number of benzene rings is 1. The third-order valence-electron chi connectivity index (χ3n) is 3.97. The molecule has 3 rings (SSSR count). The first kappa shape index (κ1) is 9.70. The molecular weight excluding hydrogens is 202 g/mol. The van der Waals surface area contributed by atoms with Crippen molar-refractivity contribution in [3.63, 3.8) is 0 Å². The van der Waals surface area contributed by atoms with Crippen molar-refractivity contribution in [3.8, 4) is 0 Å². The van der Waals surface area contributed by atoms with Crippen LogP contribution in [0.15, 0.2) is 24.3 Å². The summed E-state index contributed by atoms with van der Waals surface area (Å²) in [7, 11) is 0. The van der Waals surface area contributed by atoms with Crippen LogP contribution in [0, 0.1) is 5.41 Å². The van der Waals surface area contributed by atoms with Gasteiger partial charge in [0.15, 0.2) is 0 Å². The molecule has 0 spiro atoms. The van der Waals surface area contributed by atoms with Gasteiger partial charge in [0, 0.05) is 18.2 Å². The first-order valence-electron chi connectivity index (χ1n) is 5.80. The number of fused-ring (bicyclic) bond motifs is 1. The van der Waals surface area contributed by atoms with E-state index in [1.807, 2.05) is 18.2 Å². The van der Waals surface area contributed by atoms with Gasteiger partial charge in [-0.2, -0.15) is 0 Å². The number of carboxylic acids is 1. The molecular formula is C13H15NO2. The Bertz CT molecular complexity index is 437. The van der Waals surface area contributed by atoms with E-state index in [1.54, 1.807) is 0 Å². The molecule has 0 amide bonds. The second-order valence-corrected chi connectivity index (χ2v) is 4.82. The summed E-state index contributed by atoms with van der Waals surface area (Å²) in [5.74, 6) is -0.420. The number of nitrogens with one attached hydrogen (secondary N) is 1. The molecule has 2 aliphatic rings. The minimum absolute atomic E-state index is 0.197. The van der Waals surface area contributed by atoms with E-state index in [2.05, 4.69) is 11.4 Å². The van der Waals surface area contributed by atoms with Crippen molar-refractivity contribution < 1.29 is 9.90 Å². The fourth-order valence-corrected chi connectivity index (χ4v) is 2.89. The Hall–Kier alpha value is -1.51. The van der Waals surface area contributed by atoms with Gasteiger partial charge < -0.3 is 10.4 Å². The lowest BCUT2D eigenvalue weighted by Crippen LogP contribution is -2.29. The van der Waals surface area contributed by atoms with Crippen molar-refractivity contribution in [2.45, 2.75) is 25.2 Å². The summed E-state index contributed by atoms with van der Waals surface area (Å²) in [6, 6.07) is 8.10. The third kappa shape index (κ3) is 1.24. The minimum atomic E-state index is -0.616. The molecule has 1 aromatic rings. The predicted molar refractivity (Wildman–Crippen MR) is 61.6 cm³/mol. The zero-order valence-electron chi connectivity index (χ0n) is 9.07. The first-order valence-corrected chi connectivity index (χ1v) is 5.80. The molecule has 84 valence electrons. The van der Waals surface area contributed by atoms with Gasteiger partial charge in [-0.3, -0.25) is 4.79 Å². The zero-order valence-corrected chi connectivity index (χ0v) is 9.07. The Balaban J connectivity index is 2.02. The second-order valence-electron chi connectivity index (χ2n) is 4.82. The van der Waals surface area contributed by atoms with Crippen LogP contribution in [0.25, 0.3) is 0 Å². The molecule has 1 fully saturated rings. The van der Waals surface area contributed by atoms with Gasteiger partial charge in [0.25, 0.3) is 0 Å². The summed E-state index contributed by atoms with van der Waals surface area (Å²) >= 11 is 0. The average Bonchev–Trinajstić information content (AvgIpc) is 3.09. The number of rotatable bonds is 2. The van der Waals surface area contributed by atoms with Crippen LogP contribution < -0.4 is 5.32 Å². The summed E-state index contributed by atoms with van der Waals surface area (Å²) in [5, 5.41) is 12.7. The van der Waals surface area contributed by atoms with E-state index in [1.165, 1.54) is 5.56 Å². The van der Waals surface area contributed by atoms with Gasteiger partial charge in [-0.25, -0.2) is 0 Å². The van der Waals surface area contributed by atoms with Crippen LogP contribution in [-0.4, -0.2) is 17.6 Å². The highest BCUT2D eigenvalue weighted by Crippen LogP contribution is 2.59. The van der Waals surface area contributed by atoms with Gasteiger partial charge in [0.2, 0.25) is 0 Å². The molecule has 1 heterocycles. The largest absolute Gasteiger partial charge is 0.481 e. The monoisotopic (exact) mass is 217 g/mol. The van der Waals surface area contributed by atoms with Gasteiger partial charge in [0.1, 0.15) is 0 Å². The molecule has 3 nitrogen and oxygen atoms in total. The number of anilines is 1. The molecule has 1 saturated carbocycles. The van der Waals surface area contributed by atoms with Crippen LogP contribution in [0.2, 0.25) is 0 Å². The standard InChI is InChI=1S/C13H15NO2/c15-12(16)13(6-7-13)10-5-8-14-11-4-2-1-3-9(10)11/h1-4,10,14H,5-8H2,(H,15,16)/t10-/m0/s1. The molecule has 1 atom stereocenters. The van der Waals surface area contributed by atoms with Crippen molar-refractivity contribution in [1.29, 1.82) is 0 Å². The smallest absolute Gasteiger partial charge is 0.310 e. The second kappa shape index (κ2) is 3.24. The highest BCUT2D eigenvalue weighted by Gasteiger charge is 2.56. The summed E-state index contributed by atoms with van der Waals surface area (Å²) in [6.07, 6.45) is 2.60. The maximum absolute atomic E-state index is 11.4. The Labute approximate surface area is 94.5 Å². The molecule has 0 radical (unpaired) electrons. The molecule has 0 aromatic heterocycles. The number of carbonyl (C=O) groups is 1. The normalized spacial score (nSPS) is 25.4. The molecule has 1 aliphatic heterocycles. The Morgan fingerprint density at radius 1 is 1.38 bits per heavy atom. The lowest BCUT2D eigenvalue weighted by molar-refractivity contribution is -0.144. The van der Waals surface area contributed by atoms with Gasteiger partial charge >= 0.3 is 5.97 Å². The Kier molecular flexibility index (Phi) is 1.96. The van der Waals surface area contributed by atoms with E-state index < -0.39 is 11.4 Å². The van der Waals surface area contributed by atoms with E-state index in [9.17, 15) is 9.90 Å². The minimum Gasteiger partial charge on any atom is -0.481 e. The maximum atomic E-state index is 11.4. The van der Waals surface area contributed by atoms with E-state index in [0.29, 0.717) is 0 Å². The third-order valence-corrected chi connectivity index (χ3v) is 3.97. The van der Waals surface area contributed by atoms with Gasteiger partial charge in [-0.1, -0.05) is 18.2 Å². The molecule has 3 heteroatoms. The number of aliphatic carboxylic acids is 1. The fraction of sp³-hybridized carbons (Fsp3) is 0.462. The SMILES string of the molecule is O=C(O)C1([C@H]2CCNc3ccccc32)CC1. The van der Waals surface area contributed by atoms with Crippen LogP contribution >= 0.6 is 0 Å². The zero-order chi connectivity index (χ0) is 11.2. The topological polar surface area (TPSA) is 49.3 Å². The summed E-state index contributed by atoms with van der Waals surface area (Å²) in [6.45, 7) is 0.886. The van der Waals surface area contributed by atoms with Crippen LogP contribution in [-0.2, 0) is 4.79 Å². The van der Waals surface area contributed by atoms with Gasteiger partial charge in [-0.15, -0.1) is 0 Å². The van der Waals surface area contributed by atoms with Crippen molar-refractivity contribution in [1.82, 2.24) is 0 Å². The molecule has 0 bridgehead atoms. The molecule has 16 heavy (non-hydrogen) atoms. The van der Waals surface area contributed by atoms with Crippen molar-refractivity contribution >= 4 is 11.7 Å². The summed E-state index contributed by atoms with van der Waals surface area (Å²) < 4.78 is 0. The summed E-state index contributed by atoms with van der Waals surface area (Å²) in [4.78, 5) is 11.4. The van der Waals surface area contributed by atoms with Crippen LogP contribution in [0.1, 0.15) is 30.7 Å². The number of hydrogen-bond acceptors (Lipinski definition) is 2. The van der Waals surface area contributed by atoms with E-state index in [-0.39, 0.29) is 5.92 Å². The van der Waals surface area contributed by atoms with Crippen LogP contribution in [0.4, 0.5) is 5.69 Å². The number of para-hydroxylation sites is 1. The van der Waals surface area contributed by atoms with Gasteiger partial charge in [-0.05, 0) is 30.9 Å². The highest BCUT2D eigenvalue weighted by atomic mass is 16.4.